The van der Waals surface area contributed by atoms with Crippen molar-refractivity contribution < 1.29 is 52.7 Å². The molecule has 0 spiro atoms. The van der Waals surface area contributed by atoms with Crippen molar-refractivity contribution in [1.82, 2.24) is 0 Å². The van der Waals surface area contributed by atoms with Crippen molar-refractivity contribution in [2.24, 2.45) is 4.36 Å². The van der Waals surface area contributed by atoms with Gasteiger partial charge in [-0.2, -0.15) is 0 Å². The van der Waals surface area contributed by atoms with E-state index in [1.54, 1.807) is 4.36 Å². The predicted molar refractivity (Wildman–Crippen MR) is 31.2 cm³/mol. The van der Waals surface area contributed by atoms with Gasteiger partial charge in [0.05, 0.1) is 0 Å². The molecule has 0 aromatic carbocycles. The monoisotopic (exact) mass is 221 g/mol. The van der Waals surface area contributed by atoms with E-state index in [0.29, 0.717) is 0 Å². The zero-order chi connectivity index (χ0) is 9.71. The second-order valence-corrected chi connectivity index (χ2v) is 2.28. The molecular weight excluding hydrogens is 217 g/mol. The molecule has 0 saturated heterocycles. The van der Waals surface area contributed by atoms with Gasteiger partial charge >= 0.3 is 33.0 Å². The molecule has 3 N–H and O–H groups in total. The third kappa shape index (κ3) is 77.0. The summed E-state index contributed by atoms with van der Waals surface area (Å²) in [7, 11) is -4.64. The summed E-state index contributed by atoms with van der Waals surface area (Å²) >= 11 is 3.29. The zero-order valence-electron chi connectivity index (χ0n) is 6.69. The normalized spacial score (nSPS) is 10.5. The van der Waals surface area contributed by atoms with Gasteiger partial charge in [0.2, 0.25) is 0 Å². The summed E-state index contributed by atoms with van der Waals surface area (Å²) in [5.74, 6) is 0. The van der Waals surface area contributed by atoms with Gasteiger partial charge in [-0.15, -0.1) is 17.5 Å². The van der Waals surface area contributed by atoms with E-state index in [1.807, 2.05) is 0 Å². The van der Waals surface area contributed by atoms with Gasteiger partial charge in [-0.1, -0.05) is 0 Å². The molecule has 70 valence electrons. The fourth-order valence-corrected chi connectivity index (χ4v) is 0. The number of hydrogen-bond donors (Lipinski definition) is 3. The van der Waals surface area contributed by atoms with Crippen molar-refractivity contribution >= 4 is 20.2 Å². The van der Waals surface area contributed by atoms with Crippen molar-refractivity contribution in [2.45, 2.75) is 6.30 Å². The van der Waals surface area contributed by atoms with Crippen LogP contribution in [-0.4, -0.2) is 21.0 Å². The van der Waals surface area contributed by atoms with Crippen LogP contribution in [0.3, 0.4) is 0 Å². The van der Waals surface area contributed by atoms with Crippen molar-refractivity contribution in [3.8, 4) is 0 Å². The maximum atomic E-state index is 10.5. The van der Waals surface area contributed by atoms with E-state index in [9.17, 15) is 13.2 Å². The van der Waals surface area contributed by atoms with E-state index in [1.165, 1.54) is 0 Å². The summed E-state index contributed by atoms with van der Waals surface area (Å²) < 4.78 is 42.0. The largest absolute Gasteiger partial charge is 1.00 e. The number of phosphoric acid groups is 1. The van der Waals surface area contributed by atoms with Crippen LogP contribution in [0.15, 0.2) is 4.36 Å². The zero-order valence-corrected chi connectivity index (χ0v) is 7.40. The van der Waals surface area contributed by atoms with E-state index in [4.69, 9.17) is 19.2 Å². The Hall–Kier alpha value is 0.517. The van der Waals surface area contributed by atoms with Gasteiger partial charge in [0.25, 0.3) is 0 Å². The molecule has 0 heterocycles. The minimum absolute atomic E-state index is 0. The minimum Gasteiger partial charge on any atom is -1.00 e. The smallest absolute Gasteiger partial charge is 1.00 e. The topological polar surface area (TPSA) is 90.1 Å². The maximum Gasteiger partial charge on any atom is 1.00 e. The van der Waals surface area contributed by atoms with Crippen LogP contribution in [0.2, 0.25) is 0 Å². The first-order valence-corrected chi connectivity index (χ1v) is 3.69. The van der Waals surface area contributed by atoms with Gasteiger partial charge in [0.1, 0.15) is 0 Å². The molecule has 0 fully saturated rings. The molecule has 0 aliphatic rings. The molecule has 0 saturated carbocycles. The molecule has 0 rings (SSSR count). The average Bonchev–Trinajstić information content (AvgIpc) is 1.59. The molecule has 11 heteroatoms. The third-order valence-corrected chi connectivity index (χ3v) is 0.311. The van der Waals surface area contributed by atoms with Crippen LogP contribution < -0.4 is 18.9 Å². The Labute approximate surface area is 84.0 Å². The fourth-order valence-electron chi connectivity index (χ4n) is 0. The molecule has 5 nitrogen and oxygen atoms in total. The van der Waals surface area contributed by atoms with Gasteiger partial charge in [-0.05, 0) is 0 Å². The first kappa shape index (κ1) is 18.3. The molecule has 0 atom stereocenters. The number of rotatable bonds is 0. The molecule has 0 bridgehead atoms. The number of nitrogens with zero attached hydrogens (tertiary/aromatic N) is 1. The molecule has 0 unspecified atom stereocenters. The summed E-state index contributed by atoms with van der Waals surface area (Å²) in [6.07, 6.45) is -4.52. The van der Waals surface area contributed by atoms with Crippen LogP contribution in [0.4, 0.5) is 13.2 Å². The molecule has 0 amide bonds. The van der Waals surface area contributed by atoms with Crippen molar-refractivity contribution in [1.29, 1.82) is 0 Å². The molecule has 0 aliphatic heterocycles. The Morgan fingerprint density at radius 2 is 1.42 bits per heavy atom. The minimum atomic E-state index is -4.64. The van der Waals surface area contributed by atoms with Gasteiger partial charge < -0.3 is 16.1 Å². The Kier molecular flexibility index (Phi) is 10.7. The average molecular weight is 221 g/mol. The Balaban J connectivity index is -0.0000000546. The van der Waals surface area contributed by atoms with Crippen LogP contribution in [0.5, 0.6) is 0 Å². The summed E-state index contributed by atoms with van der Waals surface area (Å²) in [6, 6.07) is 0. The molecule has 0 aromatic rings. The Bertz CT molecular complexity index is 165. The van der Waals surface area contributed by atoms with E-state index >= 15 is 0 Å². The summed E-state index contributed by atoms with van der Waals surface area (Å²) in [4.78, 5) is 21.6. The third-order valence-electron chi connectivity index (χ3n) is 0.104. The SMILES string of the molecule is FC(F)(F)N=S.O=P(O)(O)O.[H-].[Li+]. The van der Waals surface area contributed by atoms with E-state index < -0.39 is 14.1 Å². The number of hydrogen-bond acceptors (Lipinski definition) is 3. The summed E-state index contributed by atoms with van der Waals surface area (Å²) in [6.45, 7) is 0. The predicted octanol–water partition coefficient (Wildman–Crippen LogP) is -2.58. The standard InChI is InChI=1S/CF3NS.Li.H3O4P.H/c2-1(3,4)5-6;;1-5(2,3)4;/h;;(H3,1,2,3,4);/q;+1;;-1. The molecule has 0 aromatic heterocycles. The quantitative estimate of drug-likeness (QED) is 0.237. The van der Waals surface area contributed by atoms with Crippen LogP contribution >= 0.6 is 7.82 Å². The second-order valence-electron chi connectivity index (χ2n) is 1.07. The van der Waals surface area contributed by atoms with Crippen molar-refractivity contribution in [3.63, 3.8) is 0 Å². The first-order chi connectivity index (χ1) is 4.56. The maximum absolute atomic E-state index is 10.5. The molecule has 12 heavy (non-hydrogen) atoms. The van der Waals surface area contributed by atoms with Gasteiger partial charge in [-0.25, -0.2) is 4.57 Å². The number of halogens is 3. The Morgan fingerprint density at radius 1 is 1.33 bits per heavy atom. The van der Waals surface area contributed by atoms with Gasteiger partial charge in [0, 0.05) is 12.4 Å². The Morgan fingerprint density at radius 3 is 1.42 bits per heavy atom. The van der Waals surface area contributed by atoms with Crippen molar-refractivity contribution in [3.05, 3.63) is 0 Å². The van der Waals surface area contributed by atoms with Crippen LogP contribution in [0.25, 0.3) is 0 Å². The second kappa shape index (κ2) is 6.97. The van der Waals surface area contributed by atoms with E-state index in [-0.39, 0.29) is 20.3 Å². The summed E-state index contributed by atoms with van der Waals surface area (Å²) in [5.41, 5.74) is 0. The van der Waals surface area contributed by atoms with E-state index in [2.05, 4.69) is 12.4 Å². The van der Waals surface area contributed by atoms with E-state index in [0.717, 1.165) is 0 Å². The summed E-state index contributed by atoms with van der Waals surface area (Å²) in [5, 5.41) is 0. The molecule has 0 radical (unpaired) electrons. The first-order valence-electron chi connectivity index (χ1n) is 1.76. The van der Waals surface area contributed by atoms with Gasteiger partial charge in [-0.3, -0.25) is 0 Å². The fraction of sp³-hybridized carbons (Fsp3) is 1.00. The van der Waals surface area contributed by atoms with Crippen LogP contribution in [0, 0.1) is 0 Å². The number of alkyl halides is 3. The van der Waals surface area contributed by atoms with Gasteiger partial charge in [0.15, 0.2) is 0 Å². The van der Waals surface area contributed by atoms with Crippen LogP contribution in [-0.2, 0) is 17.0 Å². The van der Waals surface area contributed by atoms with Crippen molar-refractivity contribution in [2.75, 3.05) is 0 Å². The molecular formula is CH4F3LiNO4PS. The molecule has 0 aliphatic carbocycles. The van der Waals surface area contributed by atoms with Crippen LogP contribution in [0.1, 0.15) is 1.43 Å².